The lowest BCUT2D eigenvalue weighted by Crippen LogP contribution is -2.39. The van der Waals surface area contributed by atoms with Crippen LogP contribution in [0.3, 0.4) is 0 Å². The van der Waals surface area contributed by atoms with Crippen LogP contribution >= 0.6 is 11.8 Å². The van der Waals surface area contributed by atoms with Crippen LogP contribution in [0.5, 0.6) is 0 Å². The first kappa shape index (κ1) is 18.9. The summed E-state index contributed by atoms with van der Waals surface area (Å²) in [5.74, 6) is 1.85. The summed E-state index contributed by atoms with van der Waals surface area (Å²) >= 11 is 1.83. The molecule has 0 aliphatic carbocycles. The molecular weight excluding hydrogens is 298 g/mol. The SMILES string of the molecule is CCOCCCNC(=NCC(C)SC)NCCc1ccco1. The molecule has 1 heterocycles. The Morgan fingerprint density at radius 1 is 1.41 bits per heavy atom. The van der Waals surface area contributed by atoms with Crippen molar-refractivity contribution < 1.29 is 9.15 Å². The molecule has 5 nitrogen and oxygen atoms in total. The van der Waals surface area contributed by atoms with Crippen molar-refractivity contribution in [2.45, 2.75) is 31.9 Å². The van der Waals surface area contributed by atoms with Crippen LogP contribution in [0.1, 0.15) is 26.0 Å². The van der Waals surface area contributed by atoms with Gasteiger partial charge >= 0.3 is 0 Å². The number of hydrogen-bond donors (Lipinski definition) is 2. The molecule has 0 fully saturated rings. The molecule has 1 aromatic rings. The highest BCUT2D eigenvalue weighted by molar-refractivity contribution is 7.99. The van der Waals surface area contributed by atoms with Crippen molar-refractivity contribution in [2.24, 2.45) is 4.99 Å². The molecule has 1 unspecified atom stereocenters. The monoisotopic (exact) mass is 327 g/mol. The molecule has 0 bridgehead atoms. The number of ether oxygens (including phenoxy) is 1. The summed E-state index contributed by atoms with van der Waals surface area (Å²) in [5.41, 5.74) is 0. The summed E-state index contributed by atoms with van der Waals surface area (Å²) in [6, 6.07) is 3.90. The van der Waals surface area contributed by atoms with E-state index < -0.39 is 0 Å². The summed E-state index contributed by atoms with van der Waals surface area (Å²) in [7, 11) is 0. The first-order valence-electron chi connectivity index (χ1n) is 7.91. The van der Waals surface area contributed by atoms with Gasteiger partial charge in [0.05, 0.1) is 12.8 Å². The minimum atomic E-state index is 0.520. The zero-order chi connectivity index (χ0) is 16.0. The van der Waals surface area contributed by atoms with Gasteiger partial charge < -0.3 is 19.8 Å². The molecule has 1 rings (SSSR count). The molecule has 6 heteroatoms. The van der Waals surface area contributed by atoms with Crippen molar-refractivity contribution in [3.05, 3.63) is 24.2 Å². The number of nitrogens with zero attached hydrogens (tertiary/aromatic N) is 1. The van der Waals surface area contributed by atoms with Gasteiger partial charge in [0.1, 0.15) is 5.76 Å². The number of nitrogens with one attached hydrogen (secondary N) is 2. The van der Waals surface area contributed by atoms with Gasteiger partial charge in [0.25, 0.3) is 0 Å². The Balaban J connectivity index is 2.32. The summed E-state index contributed by atoms with van der Waals surface area (Å²) in [4.78, 5) is 4.63. The van der Waals surface area contributed by atoms with E-state index in [0.717, 1.165) is 57.4 Å². The highest BCUT2D eigenvalue weighted by atomic mass is 32.2. The molecule has 0 saturated heterocycles. The van der Waals surface area contributed by atoms with Crippen molar-refractivity contribution in [3.8, 4) is 0 Å². The van der Waals surface area contributed by atoms with Crippen LogP contribution in [0, 0.1) is 0 Å². The largest absolute Gasteiger partial charge is 0.469 e. The Labute approximate surface area is 138 Å². The van der Waals surface area contributed by atoms with Gasteiger partial charge in [-0.15, -0.1) is 0 Å². The molecule has 1 atom stereocenters. The summed E-state index contributed by atoms with van der Waals surface area (Å²) in [6.07, 6.45) is 5.64. The van der Waals surface area contributed by atoms with Crippen molar-refractivity contribution in [1.29, 1.82) is 0 Å². The van der Waals surface area contributed by atoms with Crippen LogP contribution < -0.4 is 10.6 Å². The van der Waals surface area contributed by atoms with Crippen molar-refractivity contribution in [3.63, 3.8) is 0 Å². The minimum Gasteiger partial charge on any atom is -0.469 e. The maximum absolute atomic E-state index is 5.34. The molecule has 0 aliphatic rings. The zero-order valence-electron chi connectivity index (χ0n) is 13.9. The molecule has 0 spiro atoms. The lowest BCUT2D eigenvalue weighted by atomic mass is 10.3. The molecule has 1 aromatic heterocycles. The third-order valence-corrected chi connectivity index (χ3v) is 4.07. The summed E-state index contributed by atoms with van der Waals surface area (Å²) in [6.45, 7) is 8.23. The second-order valence-electron chi connectivity index (χ2n) is 4.97. The standard InChI is InChI=1S/C16H29N3O2S/c1-4-20-11-6-9-17-16(19-13-14(2)22-3)18-10-8-15-7-5-12-21-15/h5,7,12,14H,4,6,8-11,13H2,1-3H3,(H2,17,18,19). The van der Waals surface area contributed by atoms with E-state index in [-0.39, 0.29) is 0 Å². The van der Waals surface area contributed by atoms with Crippen LogP contribution in [0.15, 0.2) is 27.8 Å². The fraction of sp³-hybridized carbons (Fsp3) is 0.688. The third-order valence-electron chi connectivity index (χ3n) is 3.11. The number of aliphatic imine (C=N–C) groups is 1. The molecule has 22 heavy (non-hydrogen) atoms. The van der Waals surface area contributed by atoms with E-state index in [0.29, 0.717) is 5.25 Å². The molecule has 2 N–H and O–H groups in total. The highest BCUT2D eigenvalue weighted by Gasteiger charge is 2.02. The van der Waals surface area contributed by atoms with Crippen LogP contribution in [0.4, 0.5) is 0 Å². The second kappa shape index (κ2) is 12.4. The van der Waals surface area contributed by atoms with Gasteiger partial charge in [-0.25, -0.2) is 0 Å². The van der Waals surface area contributed by atoms with E-state index in [1.165, 1.54) is 0 Å². The fourth-order valence-corrected chi connectivity index (χ4v) is 1.98. The Morgan fingerprint density at radius 2 is 2.23 bits per heavy atom. The van der Waals surface area contributed by atoms with Crippen LogP contribution in [-0.4, -0.2) is 50.3 Å². The first-order valence-corrected chi connectivity index (χ1v) is 9.20. The predicted octanol–water partition coefficient (Wildman–Crippen LogP) is 2.54. The summed E-state index contributed by atoms with van der Waals surface area (Å²) < 4.78 is 10.7. The van der Waals surface area contributed by atoms with Gasteiger partial charge in [-0.3, -0.25) is 4.99 Å². The summed E-state index contributed by atoms with van der Waals surface area (Å²) in [5, 5.41) is 7.23. The van der Waals surface area contributed by atoms with Crippen LogP contribution in [0.2, 0.25) is 0 Å². The molecule has 0 aromatic carbocycles. The highest BCUT2D eigenvalue weighted by Crippen LogP contribution is 2.04. The Hall–Kier alpha value is -1.14. The number of rotatable bonds is 11. The number of furan rings is 1. The molecule has 0 aliphatic heterocycles. The van der Waals surface area contributed by atoms with Gasteiger partial charge in [0, 0.05) is 38.0 Å². The smallest absolute Gasteiger partial charge is 0.191 e. The first-order chi connectivity index (χ1) is 10.8. The second-order valence-corrected chi connectivity index (χ2v) is 6.25. The van der Waals surface area contributed by atoms with Gasteiger partial charge in [0.15, 0.2) is 5.96 Å². The normalized spacial score (nSPS) is 13.1. The maximum atomic E-state index is 5.34. The Bertz CT molecular complexity index is 396. The Kier molecular flexibility index (Phi) is 10.7. The Morgan fingerprint density at radius 3 is 2.91 bits per heavy atom. The zero-order valence-corrected chi connectivity index (χ0v) is 14.7. The average Bonchev–Trinajstić information content (AvgIpc) is 3.04. The molecule has 0 radical (unpaired) electrons. The number of guanidine groups is 1. The topological polar surface area (TPSA) is 58.8 Å². The van der Waals surface area contributed by atoms with Gasteiger partial charge in [-0.2, -0.15) is 11.8 Å². The van der Waals surface area contributed by atoms with Crippen LogP contribution in [-0.2, 0) is 11.2 Å². The molecular formula is C16H29N3O2S. The minimum absolute atomic E-state index is 0.520. The van der Waals surface area contributed by atoms with Crippen molar-refractivity contribution >= 4 is 17.7 Å². The maximum Gasteiger partial charge on any atom is 0.191 e. The molecule has 0 saturated carbocycles. The van der Waals surface area contributed by atoms with Crippen molar-refractivity contribution in [1.82, 2.24) is 10.6 Å². The quantitative estimate of drug-likeness (QED) is 0.372. The van der Waals surface area contributed by atoms with E-state index in [4.69, 9.17) is 9.15 Å². The van der Waals surface area contributed by atoms with E-state index in [9.17, 15) is 0 Å². The number of thioether (sulfide) groups is 1. The van der Waals surface area contributed by atoms with E-state index in [1.807, 2.05) is 30.8 Å². The van der Waals surface area contributed by atoms with E-state index in [2.05, 4.69) is 28.8 Å². The fourth-order valence-electron chi connectivity index (χ4n) is 1.75. The van der Waals surface area contributed by atoms with Crippen LogP contribution in [0.25, 0.3) is 0 Å². The molecule has 126 valence electrons. The van der Waals surface area contributed by atoms with Gasteiger partial charge in [-0.05, 0) is 31.7 Å². The lowest BCUT2D eigenvalue weighted by Gasteiger charge is -2.13. The molecule has 0 amide bonds. The predicted molar refractivity (Wildman–Crippen MR) is 94.8 cm³/mol. The third kappa shape index (κ3) is 9.00. The van der Waals surface area contributed by atoms with Crippen molar-refractivity contribution in [2.75, 3.05) is 39.1 Å². The van der Waals surface area contributed by atoms with Gasteiger partial charge in [0.2, 0.25) is 0 Å². The average molecular weight is 327 g/mol. The van der Waals surface area contributed by atoms with E-state index in [1.54, 1.807) is 6.26 Å². The van der Waals surface area contributed by atoms with E-state index >= 15 is 0 Å². The number of hydrogen-bond acceptors (Lipinski definition) is 4. The lowest BCUT2D eigenvalue weighted by molar-refractivity contribution is 0.145. The van der Waals surface area contributed by atoms with Gasteiger partial charge in [-0.1, -0.05) is 6.92 Å².